The van der Waals surface area contributed by atoms with Crippen molar-refractivity contribution in [3.05, 3.63) is 0 Å². The molecule has 5 N–H and O–H groups in total. The lowest BCUT2D eigenvalue weighted by atomic mass is 9.94. The summed E-state index contributed by atoms with van der Waals surface area (Å²) >= 11 is 0. The molecule has 0 unspecified atom stereocenters. The molecule has 0 radical (unpaired) electrons. The van der Waals surface area contributed by atoms with Crippen LogP contribution in [-0.4, -0.2) is 54.3 Å². The van der Waals surface area contributed by atoms with E-state index in [-0.39, 0.29) is 12.2 Å². The highest BCUT2D eigenvalue weighted by Gasteiger charge is 2.39. The van der Waals surface area contributed by atoms with Gasteiger partial charge in [-0.15, -0.1) is 0 Å². The summed E-state index contributed by atoms with van der Waals surface area (Å²) in [6, 6.07) is -0.623. The number of hydrogen-bond donors (Lipinski definition) is 4. The third kappa shape index (κ3) is 2.18. The van der Waals surface area contributed by atoms with E-state index in [1.54, 1.807) is 14.0 Å². The van der Waals surface area contributed by atoms with Crippen LogP contribution < -0.4 is 11.1 Å². The van der Waals surface area contributed by atoms with E-state index in [1.807, 2.05) is 0 Å². The number of likely N-dealkylation sites (N-methyl/N-ethyl adjacent to an activating group) is 1. The molecule has 78 valence electrons. The molecule has 0 saturated carbocycles. The number of aliphatic hydroxyl groups is 2. The summed E-state index contributed by atoms with van der Waals surface area (Å²) in [6.07, 6.45) is -2.25. The highest BCUT2D eigenvalue weighted by Crippen LogP contribution is 2.18. The van der Waals surface area contributed by atoms with Crippen molar-refractivity contribution in [2.45, 2.75) is 37.4 Å². The van der Waals surface area contributed by atoms with Crippen molar-refractivity contribution < 1.29 is 14.9 Å². The van der Waals surface area contributed by atoms with Gasteiger partial charge in [-0.05, 0) is 14.0 Å². The number of ether oxygens (including phenoxy) is 1. The molecule has 1 heterocycles. The summed E-state index contributed by atoms with van der Waals surface area (Å²) in [5, 5.41) is 22.0. The van der Waals surface area contributed by atoms with E-state index in [0.717, 1.165) is 0 Å². The molecular formula is C8H18N2O3. The molecule has 1 aliphatic rings. The second-order valence-electron chi connectivity index (χ2n) is 3.50. The van der Waals surface area contributed by atoms with Gasteiger partial charge in [0, 0.05) is 6.54 Å². The zero-order chi connectivity index (χ0) is 10.0. The molecule has 0 aromatic heterocycles. The molecule has 1 aliphatic heterocycles. The minimum absolute atomic E-state index is 0.322. The maximum atomic E-state index is 9.61. The van der Waals surface area contributed by atoms with Gasteiger partial charge in [0.1, 0.15) is 0 Å². The summed E-state index contributed by atoms with van der Waals surface area (Å²) in [7, 11) is 1.78. The van der Waals surface area contributed by atoms with Crippen LogP contribution in [0.2, 0.25) is 0 Å². The molecule has 0 aromatic rings. The van der Waals surface area contributed by atoms with Crippen LogP contribution in [0.15, 0.2) is 0 Å². The molecule has 0 aliphatic carbocycles. The number of aliphatic hydroxyl groups excluding tert-OH is 2. The Morgan fingerprint density at radius 2 is 2.00 bits per heavy atom. The van der Waals surface area contributed by atoms with Gasteiger partial charge < -0.3 is 26.0 Å². The van der Waals surface area contributed by atoms with E-state index in [9.17, 15) is 10.2 Å². The standard InChI is InChI=1S/C8H18N2O3/c1-4-7(11)6(9)8(12)5(13-4)3-10-2/h4-8,10-12H,3,9H2,1-2H3/t4-,5-,6-,7+,8-/m1/s1. The van der Waals surface area contributed by atoms with Crippen LogP contribution in [0.4, 0.5) is 0 Å². The molecule has 13 heavy (non-hydrogen) atoms. The van der Waals surface area contributed by atoms with Gasteiger partial charge in [0.15, 0.2) is 0 Å². The summed E-state index contributed by atoms with van der Waals surface area (Å²) in [4.78, 5) is 0. The first-order valence-corrected chi connectivity index (χ1v) is 4.49. The first-order valence-electron chi connectivity index (χ1n) is 4.49. The fraction of sp³-hybridized carbons (Fsp3) is 1.00. The van der Waals surface area contributed by atoms with Crippen molar-refractivity contribution >= 4 is 0 Å². The molecule has 1 rings (SSSR count). The molecule has 1 saturated heterocycles. The highest BCUT2D eigenvalue weighted by atomic mass is 16.5. The Balaban J connectivity index is 2.59. The van der Waals surface area contributed by atoms with Crippen molar-refractivity contribution in [2.24, 2.45) is 5.73 Å². The van der Waals surface area contributed by atoms with Gasteiger partial charge in [-0.3, -0.25) is 0 Å². The van der Waals surface area contributed by atoms with Gasteiger partial charge in [0.25, 0.3) is 0 Å². The normalized spacial score (nSPS) is 46.4. The van der Waals surface area contributed by atoms with Crippen molar-refractivity contribution in [3.63, 3.8) is 0 Å². The molecule has 0 spiro atoms. The smallest absolute Gasteiger partial charge is 0.0991 e. The monoisotopic (exact) mass is 190 g/mol. The third-order valence-electron chi connectivity index (χ3n) is 2.45. The van der Waals surface area contributed by atoms with Crippen LogP contribution in [-0.2, 0) is 4.74 Å². The van der Waals surface area contributed by atoms with Crippen LogP contribution in [0.1, 0.15) is 6.92 Å². The molecular weight excluding hydrogens is 172 g/mol. The number of hydrogen-bond acceptors (Lipinski definition) is 5. The second kappa shape index (κ2) is 4.34. The SMILES string of the molecule is CNC[C@H]1O[C@H](C)[C@H](O)[C@@H](N)[C@@H]1O. The minimum atomic E-state index is -0.807. The zero-order valence-corrected chi connectivity index (χ0v) is 7.97. The van der Waals surface area contributed by atoms with E-state index < -0.39 is 18.2 Å². The molecule has 0 aromatic carbocycles. The van der Waals surface area contributed by atoms with Gasteiger partial charge in [-0.2, -0.15) is 0 Å². The van der Waals surface area contributed by atoms with Crippen LogP contribution in [0, 0.1) is 0 Å². The molecule has 1 fully saturated rings. The van der Waals surface area contributed by atoms with Crippen molar-refractivity contribution in [2.75, 3.05) is 13.6 Å². The van der Waals surface area contributed by atoms with Crippen molar-refractivity contribution in [1.29, 1.82) is 0 Å². The maximum absolute atomic E-state index is 9.61. The average molecular weight is 190 g/mol. The predicted molar refractivity (Wildman–Crippen MR) is 48.3 cm³/mol. The molecule has 5 heteroatoms. The third-order valence-corrected chi connectivity index (χ3v) is 2.45. The molecule has 5 nitrogen and oxygen atoms in total. The van der Waals surface area contributed by atoms with E-state index in [1.165, 1.54) is 0 Å². The molecule has 5 atom stereocenters. The van der Waals surface area contributed by atoms with Crippen LogP contribution in [0.25, 0.3) is 0 Å². The van der Waals surface area contributed by atoms with Gasteiger partial charge in [-0.25, -0.2) is 0 Å². The van der Waals surface area contributed by atoms with Gasteiger partial charge in [0.05, 0.1) is 30.5 Å². The fourth-order valence-electron chi connectivity index (χ4n) is 1.57. The van der Waals surface area contributed by atoms with Gasteiger partial charge >= 0.3 is 0 Å². The second-order valence-corrected chi connectivity index (χ2v) is 3.50. The predicted octanol–water partition coefficient (Wildman–Crippen LogP) is -1.96. The zero-order valence-electron chi connectivity index (χ0n) is 7.97. The number of nitrogens with two attached hydrogens (primary N) is 1. The Bertz CT molecular complexity index is 167. The topological polar surface area (TPSA) is 87.7 Å². The Morgan fingerprint density at radius 3 is 2.54 bits per heavy atom. The van der Waals surface area contributed by atoms with Crippen molar-refractivity contribution in [3.8, 4) is 0 Å². The van der Waals surface area contributed by atoms with E-state index in [4.69, 9.17) is 10.5 Å². The Kier molecular flexibility index (Phi) is 3.63. The lowest BCUT2D eigenvalue weighted by Crippen LogP contribution is -2.62. The van der Waals surface area contributed by atoms with Crippen LogP contribution in [0.3, 0.4) is 0 Å². The first-order chi connectivity index (χ1) is 6.07. The minimum Gasteiger partial charge on any atom is -0.389 e. The van der Waals surface area contributed by atoms with E-state index >= 15 is 0 Å². The van der Waals surface area contributed by atoms with E-state index in [2.05, 4.69) is 5.32 Å². The maximum Gasteiger partial charge on any atom is 0.0991 e. The molecule has 0 bridgehead atoms. The highest BCUT2D eigenvalue weighted by molar-refractivity contribution is 4.93. The Morgan fingerprint density at radius 1 is 1.38 bits per heavy atom. The van der Waals surface area contributed by atoms with Crippen LogP contribution in [0.5, 0.6) is 0 Å². The lowest BCUT2D eigenvalue weighted by molar-refractivity contribution is -0.169. The van der Waals surface area contributed by atoms with Crippen LogP contribution >= 0.6 is 0 Å². The summed E-state index contributed by atoms with van der Waals surface area (Å²) < 4.78 is 5.38. The lowest BCUT2D eigenvalue weighted by Gasteiger charge is -2.40. The summed E-state index contributed by atoms with van der Waals surface area (Å²) in [6.45, 7) is 2.28. The summed E-state index contributed by atoms with van der Waals surface area (Å²) in [5.41, 5.74) is 5.63. The number of nitrogens with one attached hydrogen (secondary N) is 1. The number of rotatable bonds is 2. The van der Waals surface area contributed by atoms with Crippen molar-refractivity contribution in [1.82, 2.24) is 5.32 Å². The Labute approximate surface area is 77.9 Å². The van der Waals surface area contributed by atoms with Gasteiger partial charge in [-0.1, -0.05) is 0 Å². The molecule has 0 amide bonds. The largest absolute Gasteiger partial charge is 0.389 e. The Hall–Kier alpha value is -0.200. The fourth-order valence-corrected chi connectivity index (χ4v) is 1.57. The quantitative estimate of drug-likeness (QED) is 0.406. The first kappa shape index (κ1) is 10.9. The summed E-state index contributed by atoms with van der Waals surface area (Å²) in [5.74, 6) is 0. The van der Waals surface area contributed by atoms with E-state index in [0.29, 0.717) is 6.54 Å². The van der Waals surface area contributed by atoms with Gasteiger partial charge in [0.2, 0.25) is 0 Å². The average Bonchev–Trinajstić information content (AvgIpc) is 2.11.